The first-order valence-corrected chi connectivity index (χ1v) is 14.3. The Kier molecular flexibility index (Phi) is 11.3. The van der Waals surface area contributed by atoms with E-state index in [2.05, 4.69) is 43.3 Å². The summed E-state index contributed by atoms with van der Waals surface area (Å²) in [5, 5.41) is 47.4. The number of hydrogen-bond acceptors (Lipinski definition) is 12. The summed E-state index contributed by atoms with van der Waals surface area (Å²) in [7, 11) is 1.47. The van der Waals surface area contributed by atoms with Crippen LogP contribution in [0.15, 0.2) is 114 Å². The van der Waals surface area contributed by atoms with Crippen LogP contribution in [-0.2, 0) is 0 Å². The lowest BCUT2D eigenvalue weighted by Crippen LogP contribution is -1.91. The Balaban J connectivity index is 1.64. The van der Waals surface area contributed by atoms with Crippen molar-refractivity contribution in [3.05, 3.63) is 89.6 Å². The zero-order valence-corrected chi connectivity index (χ0v) is 26.1. The number of methoxy groups -OCH3 is 1. The number of thiol groups is 1. The number of carbonyl (C=O) groups is 1. The van der Waals surface area contributed by atoms with Crippen molar-refractivity contribution in [2.45, 2.75) is 25.7 Å². The molecular weight excluding hydrogens is 592 g/mol. The van der Waals surface area contributed by atoms with Crippen LogP contribution in [0.1, 0.15) is 29.8 Å². The van der Waals surface area contributed by atoms with E-state index in [1.54, 1.807) is 36.4 Å². The molecule has 0 amide bonds. The van der Waals surface area contributed by atoms with Gasteiger partial charge in [-0.2, -0.15) is 10.2 Å². The Morgan fingerprint density at radius 1 is 0.933 bits per heavy atom. The summed E-state index contributed by atoms with van der Waals surface area (Å²) in [6.07, 6.45) is 5.79. The van der Waals surface area contributed by atoms with Crippen molar-refractivity contribution in [2.75, 3.05) is 20.3 Å². The average molecular weight is 625 g/mol. The fourth-order valence-corrected chi connectivity index (χ4v) is 4.60. The van der Waals surface area contributed by atoms with Crippen LogP contribution < -0.4 is 9.47 Å². The number of allylic oxidation sites excluding steroid dienone is 2. The van der Waals surface area contributed by atoms with E-state index in [0.29, 0.717) is 57.6 Å². The van der Waals surface area contributed by atoms with Gasteiger partial charge in [0.25, 0.3) is 0 Å². The van der Waals surface area contributed by atoms with Gasteiger partial charge in [0.2, 0.25) is 0 Å². The minimum Gasteiger partial charge on any atom is -0.506 e. The Morgan fingerprint density at radius 2 is 1.71 bits per heavy atom. The summed E-state index contributed by atoms with van der Waals surface area (Å²) in [6, 6.07) is 15.2. The monoisotopic (exact) mass is 624 g/mol. The summed E-state index contributed by atoms with van der Waals surface area (Å²) in [4.78, 5) is 11.7. The van der Waals surface area contributed by atoms with E-state index in [1.165, 1.54) is 19.2 Å². The third kappa shape index (κ3) is 8.05. The lowest BCUT2D eigenvalue weighted by atomic mass is 10.0. The number of aliphatic hydroxyl groups is 1. The van der Waals surface area contributed by atoms with Crippen LogP contribution in [-0.4, -0.2) is 36.8 Å². The van der Waals surface area contributed by atoms with Crippen LogP contribution in [0.25, 0.3) is 10.8 Å². The van der Waals surface area contributed by atoms with Crippen LogP contribution >= 0.6 is 12.6 Å². The van der Waals surface area contributed by atoms with Gasteiger partial charge in [0.1, 0.15) is 46.3 Å². The van der Waals surface area contributed by atoms with Gasteiger partial charge in [-0.15, -0.1) is 33.1 Å². The Labute approximate surface area is 265 Å². The maximum absolute atomic E-state index is 11.1. The summed E-state index contributed by atoms with van der Waals surface area (Å²) in [5.74, 6) is 0.537. The number of aliphatic hydroxyl groups excluding tert-OH is 1. The number of ether oxygens (including phenoxy) is 2. The van der Waals surface area contributed by atoms with E-state index in [9.17, 15) is 9.90 Å². The highest BCUT2D eigenvalue weighted by molar-refractivity contribution is 7.80. The largest absolute Gasteiger partial charge is 0.506 e. The minimum atomic E-state index is -0.178. The number of nitrogens with zero attached hydrogens (tertiary/aromatic N) is 6. The summed E-state index contributed by atoms with van der Waals surface area (Å²) < 4.78 is 11.1. The molecule has 0 saturated heterocycles. The summed E-state index contributed by atoms with van der Waals surface area (Å²) in [6.45, 7) is 5.84. The van der Waals surface area contributed by atoms with Crippen molar-refractivity contribution in [1.82, 2.24) is 0 Å². The number of carbonyl (C=O) groups excluding carboxylic acids is 1. The molecule has 12 heteroatoms. The zero-order chi connectivity index (χ0) is 32.3. The van der Waals surface area contributed by atoms with E-state index in [4.69, 9.17) is 14.6 Å². The van der Waals surface area contributed by atoms with Crippen LogP contribution in [0.2, 0.25) is 0 Å². The molecule has 0 bridgehead atoms. The van der Waals surface area contributed by atoms with E-state index >= 15 is 0 Å². The van der Waals surface area contributed by atoms with E-state index in [-0.39, 0.29) is 23.7 Å². The van der Waals surface area contributed by atoms with Crippen LogP contribution in [0.5, 0.6) is 17.2 Å². The first-order chi connectivity index (χ1) is 21.8. The zero-order valence-electron chi connectivity index (χ0n) is 25.2. The Bertz CT molecular complexity index is 1870. The molecule has 0 atom stereocenters. The number of phenols is 1. The van der Waals surface area contributed by atoms with Gasteiger partial charge in [-0.1, -0.05) is 18.2 Å². The predicted octanol–water partition coefficient (Wildman–Crippen LogP) is 9.73. The molecule has 4 aromatic rings. The van der Waals surface area contributed by atoms with Gasteiger partial charge >= 0.3 is 0 Å². The minimum absolute atomic E-state index is 0.0759. The fourth-order valence-electron chi connectivity index (χ4n) is 4.25. The number of aldehydes is 1. The van der Waals surface area contributed by atoms with Crippen molar-refractivity contribution >= 4 is 58.1 Å². The topological polar surface area (TPSA) is 150 Å². The number of fused-ring (bicyclic) bond motifs is 1. The third-order valence-electron chi connectivity index (χ3n) is 6.52. The molecule has 0 aliphatic carbocycles. The van der Waals surface area contributed by atoms with Crippen LogP contribution in [0.4, 0.5) is 28.4 Å². The van der Waals surface area contributed by atoms with E-state index in [0.717, 1.165) is 16.3 Å². The molecular formula is C33H32N6O5S. The highest BCUT2D eigenvalue weighted by Gasteiger charge is 2.13. The molecule has 0 unspecified atom stereocenters. The van der Waals surface area contributed by atoms with Gasteiger partial charge in [0.05, 0.1) is 31.7 Å². The summed E-state index contributed by atoms with van der Waals surface area (Å²) in [5.41, 5.74) is 3.94. The second-order valence-electron chi connectivity index (χ2n) is 9.46. The number of aromatic hydroxyl groups is 1. The quantitative estimate of drug-likeness (QED) is 0.0620. The molecule has 0 spiro atoms. The molecule has 11 nitrogen and oxygen atoms in total. The maximum atomic E-state index is 11.1. The number of azo groups is 3. The normalized spacial score (nSPS) is 12.4. The SMILES string of the molecule is C/C=C(\C=C/CO)N=Nc1ccc2c(C)c(N=Nc3cc(OCC)c(N=Nc4ccc(C=O)cc4OC)cc3O)c(S)cc2c1. The second kappa shape index (κ2) is 15.5. The molecule has 230 valence electrons. The molecule has 0 fully saturated rings. The molecule has 0 radical (unpaired) electrons. The molecule has 4 aromatic carbocycles. The fraction of sp³-hybridized carbons (Fsp3) is 0.182. The van der Waals surface area contributed by atoms with E-state index in [1.807, 2.05) is 45.0 Å². The number of hydrogen-bond donors (Lipinski definition) is 3. The van der Waals surface area contributed by atoms with Gasteiger partial charge in [-0.25, -0.2) is 0 Å². The number of phenolic OH excluding ortho intramolecular Hbond substituents is 1. The molecule has 0 saturated carbocycles. The standard InChI is InChI=1S/C33H32N6O5S/c1-5-23(8-7-13-40)34-35-24-10-11-25-20(3)33(32(45)16-22(25)15-24)39-37-27-18-31(44-6-2)28(17-29(27)42)38-36-26-12-9-21(19-41)14-30(26)43-4/h5,7-12,14-19,40,42,45H,6,13H2,1-4H3/b8-7-,23-5+,35-34?,38-36?,39-37?. The van der Waals surface area contributed by atoms with Gasteiger partial charge in [-0.3, -0.25) is 4.79 Å². The molecule has 45 heavy (non-hydrogen) atoms. The molecule has 4 rings (SSSR count). The van der Waals surface area contributed by atoms with E-state index < -0.39 is 0 Å². The van der Waals surface area contributed by atoms with Crippen molar-refractivity contribution < 1.29 is 24.5 Å². The highest BCUT2D eigenvalue weighted by Crippen LogP contribution is 2.42. The highest BCUT2D eigenvalue weighted by atomic mass is 32.1. The first-order valence-electron chi connectivity index (χ1n) is 13.9. The number of benzene rings is 4. The lowest BCUT2D eigenvalue weighted by molar-refractivity contribution is 0.112. The molecule has 2 N–H and O–H groups in total. The van der Waals surface area contributed by atoms with Gasteiger partial charge in [0, 0.05) is 22.6 Å². The molecule has 0 aromatic heterocycles. The molecule has 0 aliphatic rings. The Hall–Kier alpha value is -5.20. The summed E-state index contributed by atoms with van der Waals surface area (Å²) >= 11 is 4.66. The predicted molar refractivity (Wildman–Crippen MR) is 176 cm³/mol. The van der Waals surface area contributed by atoms with Gasteiger partial charge < -0.3 is 19.7 Å². The second-order valence-corrected chi connectivity index (χ2v) is 9.95. The lowest BCUT2D eigenvalue weighted by Gasteiger charge is -2.10. The van der Waals surface area contributed by atoms with Crippen molar-refractivity contribution in [1.29, 1.82) is 0 Å². The third-order valence-corrected chi connectivity index (χ3v) is 6.86. The first kappa shape index (κ1) is 32.7. The van der Waals surface area contributed by atoms with Crippen LogP contribution in [0.3, 0.4) is 0 Å². The average Bonchev–Trinajstić information content (AvgIpc) is 3.05. The molecule has 0 heterocycles. The smallest absolute Gasteiger partial charge is 0.150 e. The number of rotatable bonds is 12. The van der Waals surface area contributed by atoms with Crippen molar-refractivity contribution in [2.24, 2.45) is 30.7 Å². The Morgan fingerprint density at radius 3 is 2.42 bits per heavy atom. The molecule has 0 aliphatic heterocycles. The van der Waals surface area contributed by atoms with Crippen molar-refractivity contribution in [3.63, 3.8) is 0 Å². The number of aryl methyl sites for hydroxylation is 1. The van der Waals surface area contributed by atoms with Gasteiger partial charge in [0.15, 0.2) is 0 Å². The van der Waals surface area contributed by atoms with Crippen LogP contribution in [0, 0.1) is 6.92 Å². The van der Waals surface area contributed by atoms with Gasteiger partial charge in [-0.05, 0) is 79.6 Å². The van der Waals surface area contributed by atoms with Crippen molar-refractivity contribution in [3.8, 4) is 17.2 Å². The maximum Gasteiger partial charge on any atom is 0.150 e.